The van der Waals surface area contributed by atoms with E-state index < -0.39 is 6.10 Å². The van der Waals surface area contributed by atoms with Gasteiger partial charge in [-0.1, -0.05) is 0 Å². The van der Waals surface area contributed by atoms with Gasteiger partial charge in [-0.15, -0.1) is 0 Å². The molecule has 4 rings (SSSR count). The highest BCUT2D eigenvalue weighted by Crippen LogP contribution is 2.20. The fourth-order valence-corrected chi connectivity index (χ4v) is 3.39. The number of rotatable bonds is 3. The molecule has 7 heteroatoms. The molecular weight excluding hydrogens is 311 g/mol. The number of nitrogens with one attached hydrogen (secondary N) is 1. The smallest absolute Gasteiger partial charge is 0.225 e. The zero-order valence-electron chi connectivity index (χ0n) is 13.4. The minimum absolute atomic E-state index is 0.0291. The van der Waals surface area contributed by atoms with Gasteiger partial charge < -0.3 is 20.1 Å². The van der Waals surface area contributed by atoms with Crippen molar-refractivity contribution in [2.45, 2.75) is 31.0 Å². The van der Waals surface area contributed by atoms with Gasteiger partial charge in [-0.05, 0) is 25.0 Å². The van der Waals surface area contributed by atoms with Gasteiger partial charge in [0.2, 0.25) is 5.95 Å². The van der Waals surface area contributed by atoms with E-state index in [2.05, 4.69) is 20.2 Å². The van der Waals surface area contributed by atoms with E-state index in [1.54, 1.807) is 12.3 Å². The first kappa shape index (κ1) is 15.7. The Morgan fingerprint density at radius 3 is 2.83 bits per heavy atom. The third-order valence-electron chi connectivity index (χ3n) is 4.81. The summed E-state index contributed by atoms with van der Waals surface area (Å²) >= 11 is 0. The lowest BCUT2D eigenvalue weighted by Crippen LogP contribution is -2.50. The van der Waals surface area contributed by atoms with Crippen molar-refractivity contribution >= 4 is 16.9 Å². The molecule has 2 saturated heterocycles. The van der Waals surface area contributed by atoms with Gasteiger partial charge in [-0.25, -0.2) is 14.4 Å². The second-order valence-electron chi connectivity index (χ2n) is 6.51. The molecule has 1 aromatic carbocycles. The average Bonchev–Trinajstić information content (AvgIpc) is 3.00. The van der Waals surface area contributed by atoms with Crippen LogP contribution in [-0.2, 0) is 4.74 Å². The van der Waals surface area contributed by atoms with E-state index in [1.165, 1.54) is 12.1 Å². The maximum atomic E-state index is 13.4. The van der Waals surface area contributed by atoms with E-state index >= 15 is 0 Å². The Morgan fingerprint density at radius 1 is 1.25 bits per heavy atom. The number of piperidine rings is 1. The Balaban J connectivity index is 1.40. The minimum Gasteiger partial charge on any atom is -0.389 e. The van der Waals surface area contributed by atoms with E-state index in [0.717, 1.165) is 31.3 Å². The van der Waals surface area contributed by atoms with Crippen LogP contribution >= 0.6 is 0 Å². The number of aliphatic hydroxyl groups is 1. The number of ether oxygens (including phenoxy) is 1. The molecule has 2 aliphatic heterocycles. The summed E-state index contributed by atoms with van der Waals surface area (Å²) in [5.74, 6) is 0.364. The zero-order chi connectivity index (χ0) is 16.5. The third kappa shape index (κ3) is 3.19. The topological polar surface area (TPSA) is 70.5 Å². The molecule has 24 heavy (non-hydrogen) atoms. The van der Waals surface area contributed by atoms with Gasteiger partial charge in [0.15, 0.2) is 0 Å². The Morgan fingerprint density at radius 2 is 2.08 bits per heavy atom. The summed E-state index contributed by atoms with van der Waals surface area (Å²) < 4.78 is 18.7. The van der Waals surface area contributed by atoms with Crippen molar-refractivity contribution < 1.29 is 14.2 Å². The SMILES string of the molecule is OC1COCC1NC1CCN(c2ncc3ccc(F)cc3n2)CC1. The van der Waals surface area contributed by atoms with Crippen LogP contribution in [0.5, 0.6) is 0 Å². The second-order valence-corrected chi connectivity index (χ2v) is 6.51. The Hall–Kier alpha value is -1.83. The van der Waals surface area contributed by atoms with Crippen molar-refractivity contribution in [3.05, 3.63) is 30.2 Å². The van der Waals surface area contributed by atoms with Crippen molar-refractivity contribution in [2.24, 2.45) is 0 Å². The fraction of sp³-hybridized carbons (Fsp3) is 0.529. The van der Waals surface area contributed by atoms with Crippen molar-refractivity contribution in [1.82, 2.24) is 15.3 Å². The van der Waals surface area contributed by atoms with Crippen LogP contribution < -0.4 is 10.2 Å². The summed E-state index contributed by atoms with van der Waals surface area (Å²) in [4.78, 5) is 11.0. The molecule has 0 amide bonds. The molecule has 0 saturated carbocycles. The van der Waals surface area contributed by atoms with Gasteiger partial charge in [0.25, 0.3) is 0 Å². The molecule has 2 fully saturated rings. The van der Waals surface area contributed by atoms with Crippen LogP contribution in [0.2, 0.25) is 0 Å². The second kappa shape index (κ2) is 6.58. The van der Waals surface area contributed by atoms with Crippen LogP contribution in [0.15, 0.2) is 24.4 Å². The highest BCUT2D eigenvalue weighted by Gasteiger charge is 2.30. The highest BCUT2D eigenvalue weighted by atomic mass is 19.1. The number of aromatic nitrogens is 2. The summed E-state index contributed by atoms with van der Waals surface area (Å²) in [7, 11) is 0. The Bertz CT molecular complexity index is 721. The molecule has 2 aliphatic rings. The fourth-order valence-electron chi connectivity index (χ4n) is 3.39. The number of hydrogen-bond acceptors (Lipinski definition) is 6. The Labute approximate surface area is 139 Å². The number of anilines is 1. The zero-order valence-corrected chi connectivity index (χ0v) is 13.4. The number of fused-ring (bicyclic) bond motifs is 1. The molecular formula is C17H21FN4O2. The summed E-state index contributed by atoms with van der Waals surface area (Å²) in [5, 5.41) is 14.1. The van der Waals surface area contributed by atoms with Crippen molar-refractivity contribution in [3.8, 4) is 0 Å². The van der Waals surface area contributed by atoms with Crippen molar-refractivity contribution in [3.63, 3.8) is 0 Å². The van der Waals surface area contributed by atoms with Gasteiger partial charge in [0.1, 0.15) is 5.82 Å². The summed E-state index contributed by atoms with van der Waals surface area (Å²) in [5.41, 5.74) is 0.631. The minimum atomic E-state index is -0.415. The van der Waals surface area contributed by atoms with Gasteiger partial charge >= 0.3 is 0 Å². The number of halogens is 1. The van der Waals surface area contributed by atoms with Gasteiger partial charge in [0.05, 0.1) is 30.9 Å². The molecule has 0 radical (unpaired) electrons. The van der Waals surface area contributed by atoms with Crippen LogP contribution in [0.4, 0.5) is 10.3 Å². The predicted molar refractivity (Wildman–Crippen MR) is 88.5 cm³/mol. The number of aliphatic hydroxyl groups excluding tert-OH is 1. The van der Waals surface area contributed by atoms with Gasteiger partial charge in [-0.3, -0.25) is 0 Å². The first-order chi connectivity index (χ1) is 11.7. The first-order valence-corrected chi connectivity index (χ1v) is 8.38. The Kier molecular flexibility index (Phi) is 4.30. The van der Waals surface area contributed by atoms with Crippen LogP contribution in [0.3, 0.4) is 0 Å². The third-order valence-corrected chi connectivity index (χ3v) is 4.81. The molecule has 0 aliphatic carbocycles. The molecule has 0 bridgehead atoms. The summed E-state index contributed by atoms with van der Waals surface area (Å²) in [6, 6.07) is 4.95. The lowest BCUT2D eigenvalue weighted by atomic mass is 10.0. The lowest BCUT2D eigenvalue weighted by Gasteiger charge is -2.34. The molecule has 2 aromatic rings. The van der Waals surface area contributed by atoms with Crippen LogP contribution in [0, 0.1) is 5.82 Å². The summed E-state index contributed by atoms with van der Waals surface area (Å²) in [6.45, 7) is 2.66. The lowest BCUT2D eigenvalue weighted by molar-refractivity contribution is 0.120. The van der Waals surface area contributed by atoms with Gasteiger partial charge in [-0.2, -0.15) is 0 Å². The normalized spacial score (nSPS) is 25.5. The molecule has 128 valence electrons. The monoisotopic (exact) mass is 332 g/mol. The molecule has 3 heterocycles. The number of hydrogen-bond donors (Lipinski definition) is 2. The van der Waals surface area contributed by atoms with Crippen molar-refractivity contribution in [2.75, 3.05) is 31.2 Å². The molecule has 2 unspecified atom stereocenters. The number of benzene rings is 1. The average molecular weight is 332 g/mol. The molecule has 6 nitrogen and oxygen atoms in total. The van der Waals surface area contributed by atoms with Crippen LogP contribution in [-0.4, -0.2) is 59.6 Å². The van der Waals surface area contributed by atoms with E-state index in [-0.39, 0.29) is 11.9 Å². The van der Waals surface area contributed by atoms with E-state index in [0.29, 0.717) is 30.7 Å². The van der Waals surface area contributed by atoms with E-state index in [4.69, 9.17) is 4.74 Å². The van der Waals surface area contributed by atoms with Gasteiger partial charge in [0, 0.05) is 36.8 Å². The number of nitrogens with zero attached hydrogens (tertiary/aromatic N) is 3. The van der Waals surface area contributed by atoms with Crippen LogP contribution in [0.1, 0.15) is 12.8 Å². The highest BCUT2D eigenvalue weighted by molar-refractivity contribution is 5.78. The first-order valence-electron chi connectivity index (χ1n) is 8.38. The maximum Gasteiger partial charge on any atom is 0.225 e. The molecule has 0 spiro atoms. The largest absolute Gasteiger partial charge is 0.389 e. The molecule has 2 N–H and O–H groups in total. The standard InChI is InChI=1S/C17H21FN4O2/c18-12-2-1-11-8-19-17(21-14(11)7-12)22-5-3-13(4-6-22)20-15-9-24-10-16(15)23/h1-2,7-8,13,15-16,20,23H,3-6,9-10H2. The van der Waals surface area contributed by atoms with E-state index in [1.807, 2.05) is 0 Å². The quantitative estimate of drug-likeness (QED) is 0.877. The predicted octanol–water partition coefficient (Wildman–Crippen LogP) is 1.09. The van der Waals surface area contributed by atoms with Crippen LogP contribution in [0.25, 0.3) is 10.9 Å². The van der Waals surface area contributed by atoms with E-state index in [9.17, 15) is 9.50 Å². The maximum absolute atomic E-state index is 13.4. The molecule has 2 atom stereocenters. The summed E-state index contributed by atoms with van der Waals surface area (Å²) in [6.07, 6.45) is 3.23. The molecule has 1 aromatic heterocycles. The van der Waals surface area contributed by atoms with Crippen molar-refractivity contribution in [1.29, 1.82) is 0 Å².